The van der Waals surface area contributed by atoms with E-state index in [1.807, 2.05) is 29.6 Å². The van der Waals surface area contributed by atoms with Gasteiger partial charge in [0, 0.05) is 13.1 Å². The topological polar surface area (TPSA) is 65.2 Å². The molecule has 2 N–H and O–H groups in total. The number of hydrogen-bond donors (Lipinski definition) is 2. The Balaban J connectivity index is 1.66. The average Bonchev–Trinajstić information content (AvgIpc) is 3.21. The Hall–Kier alpha value is -2.70. The predicted molar refractivity (Wildman–Crippen MR) is 110 cm³/mol. The van der Waals surface area contributed by atoms with E-state index in [9.17, 15) is 9.59 Å². The maximum Gasteiger partial charge on any atom is 0.261 e. The van der Waals surface area contributed by atoms with Crippen molar-refractivity contribution in [3.8, 4) is 10.6 Å². The maximum absolute atomic E-state index is 12.4. The zero-order chi connectivity index (χ0) is 19.2. The van der Waals surface area contributed by atoms with Crippen LogP contribution in [0.2, 0.25) is 0 Å². The molecule has 1 amide bonds. The molecule has 27 heavy (non-hydrogen) atoms. The van der Waals surface area contributed by atoms with Gasteiger partial charge in [-0.05, 0) is 48.3 Å². The molecule has 0 unspecified atom stereocenters. The highest BCUT2D eigenvalue weighted by molar-refractivity contribution is 7.13. The molecule has 0 spiro atoms. The second-order valence-electron chi connectivity index (χ2n) is 6.43. The van der Waals surface area contributed by atoms with E-state index in [1.54, 1.807) is 12.1 Å². The van der Waals surface area contributed by atoms with E-state index in [1.165, 1.54) is 16.9 Å². The largest absolute Gasteiger partial charge is 0.348 e. The Bertz CT molecular complexity index is 964. The van der Waals surface area contributed by atoms with Crippen LogP contribution in [0.4, 0.5) is 0 Å². The summed E-state index contributed by atoms with van der Waals surface area (Å²) in [4.78, 5) is 30.7. The van der Waals surface area contributed by atoms with Gasteiger partial charge in [0.2, 0.25) is 0 Å². The first-order valence-electron chi connectivity index (χ1n) is 8.88. The summed E-state index contributed by atoms with van der Waals surface area (Å²) in [6.07, 6.45) is 0. The first-order valence-corrected chi connectivity index (χ1v) is 9.76. The van der Waals surface area contributed by atoms with Crippen molar-refractivity contribution < 1.29 is 4.79 Å². The smallest absolute Gasteiger partial charge is 0.261 e. The van der Waals surface area contributed by atoms with Crippen molar-refractivity contribution in [2.24, 2.45) is 0 Å². The predicted octanol–water partition coefficient (Wildman–Crippen LogP) is 3.49. The molecule has 2 heterocycles. The number of pyridine rings is 1. The normalized spacial score (nSPS) is 10.9. The third-order valence-corrected chi connectivity index (χ3v) is 5.28. The van der Waals surface area contributed by atoms with Crippen LogP contribution in [-0.4, -0.2) is 29.4 Å². The van der Waals surface area contributed by atoms with Crippen molar-refractivity contribution >= 4 is 17.2 Å². The number of nitrogens with one attached hydrogen (secondary N) is 2. The molecule has 6 heteroatoms. The fraction of sp³-hybridized carbons (Fsp3) is 0.238. The average molecular weight is 382 g/mol. The van der Waals surface area contributed by atoms with Crippen LogP contribution in [0.5, 0.6) is 0 Å². The van der Waals surface area contributed by atoms with Crippen molar-refractivity contribution in [1.82, 2.24) is 15.2 Å². The molecule has 0 aliphatic heterocycles. The number of carbonyl (C=O) groups is 1. The SMILES string of the molecule is CCN(C)Cc1cccc(CNC(=O)c2ccc(-c3cccs3)[nH]c2=O)c1. The van der Waals surface area contributed by atoms with Gasteiger partial charge in [0.15, 0.2) is 0 Å². The molecule has 0 aliphatic carbocycles. The van der Waals surface area contributed by atoms with E-state index in [0.29, 0.717) is 6.54 Å². The summed E-state index contributed by atoms with van der Waals surface area (Å²) in [6.45, 7) is 4.34. The molecule has 1 aromatic carbocycles. The highest BCUT2D eigenvalue weighted by Crippen LogP contribution is 2.21. The summed E-state index contributed by atoms with van der Waals surface area (Å²) in [7, 11) is 2.07. The zero-order valence-electron chi connectivity index (χ0n) is 15.5. The molecule has 5 nitrogen and oxygen atoms in total. The van der Waals surface area contributed by atoms with Crippen LogP contribution in [0, 0.1) is 0 Å². The molecular weight excluding hydrogens is 358 g/mol. The Morgan fingerprint density at radius 1 is 1.15 bits per heavy atom. The Morgan fingerprint density at radius 3 is 2.67 bits per heavy atom. The number of amides is 1. The number of H-pyrrole nitrogens is 1. The van der Waals surface area contributed by atoms with Crippen molar-refractivity contribution in [2.75, 3.05) is 13.6 Å². The lowest BCUT2D eigenvalue weighted by molar-refractivity contribution is 0.0949. The number of carbonyl (C=O) groups excluding carboxylic acids is 1. The molecule has 0 bridgehead atoms. The molecule has 0 saturated carbocycles. The number of benzene rings is 1. The van der Waals surface area contributed by atoms with Gasteiger partial charge in [-0.1, -0.05) is 37.3 Å². The third-order valence-electron chi connectivity index (χ3n) is 4.38. The maximum atomic E-state index is 12.4. The summed E-state index contributed by atoms with van der Waals surface area (Å²) in [5, 5.41) is 4.78. The van der Waals surface area contributed by atoms with Crippen LogP contribution in [-0.2, 0) is 13.1 Å². The molecular formula is C21H23N3O2S. The lowest BCUT2D eigenvalue weighted by Gasteiger charge is -2.14. The second-order valence-corrected chi connectivity index (χ2v) is 7.37. The first-order chi connectivity index (χ1) is 13.1. The summed E-state index contributed by atoms with van der Waals surface area (Å²) in [5.41, 5.74) is 2.68. The number of thiophene rings is 1. The molecule has 140 valence electrons. The molecule has 0 fully saturated rings. The molecule has 3 rings (SSSR count). The van der Waals surface area contributed by atoms with Crippen LogP contribution in [0.1, 0.15) is 28.4 Å². The Kier molecular flexibility index (Phi) is 6.21. The lowest BCUT2D eigenvalue weighted by Crippen LogP contribution is -2.29. The van der Waals surface area contributed by atoms with Crippen molar-refractivity contribution in [3.63, 3.8) is 0 Å². The molecule has 2 aromatic heterocycles. The van der Waals surface area contributed by atoms with Gasteiger partial charge < -0.3 is 15.2 Å². The fourth-order valence-corrected chi connectivity index (χ4v) is 3.47. The van der Waals surface area contributed by atoms with Crippen LogP contribution < -0.4 is 10.9 Å². The van der Waals surface area contributed by atoms with E-state index in [0.717, 1.165) is 29.2 Å². The summed E-state index contributed by atoms with van der Waals surface area (Å²) < 4.78 is 0. The third kappa shape index (κ3) is 4.93. The highest BCUT2D eigenvalue weighted by Gasteiger charge is 2.12. The van der Waals surface area contributed by atoms with Gasteiger partial charge in [-0.2, -0.15) is 0 Å². The van der Waals surface area contributed by atoms with Gasteiger partial charge in [-0.15, -0.1) is 11.3 Å². The van der Waals surface area contributed by atoms with Gasteiger partial charge in [-0.25, -0.2) is 0 Å². The highest BCUT2D eigenvalue weighted by atomic mass is 32.1. The minimum absolute atomic E-state index is 0.122. The lowest BCUT2D eigenvalue weighted by atomic mass is 10.1. The van der Waals surface area contributed by atoms with E-state index in [2.05, 4.69) is 41.3 Å². The van der Waals surface area contributed by atoms with Crippen molar-refractivity contribution in [3.05, 3.63) is 81.0 Å². The van der Waals surface area contributed by atoms with Crippen LogP contribution >= 0.6 is 11.3 Å². The van der Waals surface area contributed by atoms with Crippen LogP contribution in [0.3, 0.4) is 0 Å². The van der Waals surface area contributed by atoms with Gasteiger partial charge in [0.05, 0.1) is 10.6 Å². The fourth-order valence-electron chi connectivity index (χ4n) is 2.77. The minimum atomic E-state index is -0.378. The summed E-state index contributed by atoms with van der Waals surface area (Å²) >= 11 is 1.54. The van der Waals surface area contributed by atoms with Crippen molar-refractivity contribution in [2.45, 2.75) is 20.0 Å². The van der Waals surface area contributed by atoms with Gasteiger partial charge in [-0.3, -0.25) is 9.59 Å². The van der Waals surface area contributed by atoms with Crippen molar-refractivity contribution in [1.29, 1.82) is 0 Å². The van der Waals surface area contributed by atoms with Crippen LogP contribution in [0.15, 0.2) is 58.7 Å². The zero-order valence-corrected chi connectivity index (χ0v) is 16.3. The number of rotatable bonds is 7. The molecule has 0 radical (unpaired) electrons. The number of nitrogens with zero attached hydrogens (tertiary/aromatic N) is 1. The minimum Gasteiger partial charge on any atom is -0.348 e. The van der Waals surface area contributed by atoms with Crippen LogP contribution in [0.25, 0.3) is 10.6 Å². The van der Waals surface area contributed by atoms with Gasteiger partial charge in [0.1, 0.15) is 5.56 Å². The van der Waals surface area contributed by atoms with E-state index in [4.69, 9.17) is 0 Å². The number of aromatic nitrogens is 1. The molecule has 0 atom stereocenters. The first kappa shape index (κ1) is 19.1. The summed E-state index contributed by atoms with van der Waals surface area (Å²) in [5.74, 6) is -0.370. The number of hydrogen-bond acceptors (Lipinski definition) is 4. The van der Waals surface area contributed by atoms with Gasteiger partial charge in [0.25, 0.3) is 11.5 Å². The summed E-state index contributed by atoms with van der Waals surface area (Å²) in [6, 6.07) is 15.3. The number of aromatic amines is 1. The van der Waals surface area contributed by atoms with E-state index < -0.39 is 0 Å². The Labute approximate surface area is 162 Å². The Morgan fingerprint density at radius 2 is 1.96 bits per heavy atom. The van der Waals surface area contributed by atoms with E-state index in [-0.39, 0.29) is 17.0 Å². The quantitative estimate of drug-likeness (QED) is 0.658. The standard InChI is InChI=1S/C21H23N3O2S/c1-3-24(2)14-16-7-4-6-15(12-16)13-22-20(25)17-9-10-18(23-21(17)26)19-8-5-11-27-19/h4-12H,3,13-14H2,1-2H3,(H,22,25)(H,23,26). The van der Waals surface area contributed by atoms with E-state index >= 15 is 0 Å². The molecule has 0 aliphatic rings. The monoisotopic (exact) mass is 381 g/mol. The second kappa shape index (κ2) is 8.79. The van der Waals surface area contributed by atoms with Gasteiger partial charge >= 0.3 is 0 Å². The molecule has 3 aromatic rings. The molecule has 0 saturated heterocycles.